The van der Waals surface area contributed by atoms with Crippen molar-refractivity contribution in [3.8, 4) is 39.8 Å². The first-order valence-corrected chi connectivity index (χ1v) is 21.6. The zero-order valence-corrected chi connectivity index (χ0v) is 37.6. The topological polar surface area (TPSA) is 35.9 Å². The van der Waals surface area contributed by atoms with Crippen LogP contribution < -0.4 is 9.30 Å². The molecule has 60 heavy (non-hydrogen) atoms. The number of imidazole rings is 1. The Hall–Kier alpha value is -5.94. The van der Waals surface area contributed by atoms with Crippen molar-refractivity contribution in [3.05, 3.63) is 162 Å². The zero-order chi connectivity index (χ0) is 42.7. The largest absolute Gasteiger partial charge is 0.458 e. The van der Waals surface area contributed by atoms with Gasteiger partial charge in [-0.1, -0.05) is 132 Å². The van der Waals surface area contributed by atoms with Gasteiger partial charge in [-0.2, -0.15) is 0 Å². The van der Waals surface area contributed by atoms with Crippen molar-refractivity contribution in [1.29, 1.82) is 0 Å². The summed E-state index contributed by atoms with van der Waals surface area (Å²) >= 11 is 0. The Morgan fingerprint density at radius 3 is 1.98 bits per heavy atom. The molecule has 0 saturated heterocycles. The molecule has 5 nitrogen and oxygen atoms in total. The van der Waals surface area contributed by atoms with Crippen molar-refractivity contribution in [2.75, 3.05) is 0 Å². The fourth-order valence-electron chi connectivity index (χ4n) is 8.42. The molecule has 8 rings (SSSR count). The van der Waals surface area contributed by atoms with Gasteiger partial charge in [0.1, 0.15) is 17.3 Å². The summed E-state index contributed by atoms with van der Waals surface area (Å²) in [5.74, 6) is 3.69. The van der Waals surface area contributed by atoms with Gasteiger partial charge in [0.2, 0.25) is 0 Å². The molecule has 0 radical (unpaired) electrons. The standard InChI is InChI=1S/C55H60N4O/c1-35(2)39-28-47(36(3)4)53(48(29-39)37(5)6)38-17-15-18-41(27-38)57-33-51(55(10,11)12)58(34-57)42-19-16-20-43(31-42)60-44-23-24-46-45-21-13-14-22-49(45)59(50(46)32-44)52-30-40(25-26-56-52)54(7,8)9/h13-33,35-37H,1-12H3. The average molecular weight is 793 g/mol. The highest BCUT2D eigenvalue weighted by molar-refractivity contribution is 6.09. The van der Waals surface area contributed by atoms with E-state index in [9.17, 15) is 0 Å². The summed E-state index contributed by atoms with van der Waals surface area (Å²) in [5.41, 5.74) is 13.3. The van der Waals surface area contributed by atoms with Gasteiger partial charge in [-0.25, -0.2) is 4.98 Å². The Balaban J connectivity index is 1.18. The number of hydrogen-bond donors (Lipinski definition) is 0. The summed E-state index contributed by atoms with van der Waals surface area (Å²) in [7, 11) is 0. The molecular formula is C55H60N4O. The minimum absolute atomic E-state index is 0.00181. The smallest absolute Gasteiger partial charge is 0.269 e. The number of pyridine rings is 1. The predicted octanol–water partition coefficient (Wildman–Crippen LogP) is 14.5. The Labute approximate surface area is 357 Å². The molecule has 3 heterocycles. The molecule has 0 unspecified atom stereocenters. The minimum atomic E-state index is -0.157. The van der Waals surface area contributed by atoms with Crippen LogP contribution in [0.15, 0.2) is 128 Å². The summed E-state index contributed by atoms with van der Waals surface area (Å²) in [5, 5.41) is 2.35. The van der Waals surface area contributed by atoms with Crippen molar-refractivity contribution in [3.63, 3.8) is 0 Å². The van der Waals surface area contributed by atoms with Crippen LogP contribution in [0.1, 0.15) is 129 Å². The molecule has 0 saturated carbocycles. The maximum Gasteiger partial charge on any atom is 0.269 e. The van der Waals surface area contributed by atoms with Crippen molar-refractivity contribution >= 4 is 21.8 Å². The number of nitrogens with zero attached hydrogens (tertiary/aromatic N) is 4. The molecule has 5 heteroatoms. The fraction of sp³-hybridized carbons (Fsp3) is 0.309. The third-order valence-electron chi connectivity index (χ3n) is 11.8. The Morgan fingerprint density at radius 1 is 0.617 bits per heavy atom. The lowest BCUT2D eigenvalue weighted by Gasteiger charge is -2.23. The summed E-state index contributed by atoms with van der Waals surface area (Å²) in [6, 6.07) is 41.4. The van der Waals surface area contributed by atoms with Crippen LogP contribution in [0, 0.1) is 6.33 Å². The Morgan fingerprint density at radius 2 is 1.30 bits per heavy atom. The van der Waals surface area contributed by atoms with Crippen LogP contribution >= 0.6 is 0 Å². The van der Waals surface area contributed by atoms with E-state index in [2.05, 4.69) is 219 Å². The highest BCUT2D eigenvalue weighted by Crippen LogP contribution is 2.40. The number of fused-ring (bicyclic) bond motifs is 3. The van der Waals surface area contributed by atoms with E-state index >= 15 is 0 Å². The highest BCUT2D eigenvalue weighted by Gasteiger charge is 2.24. The molecule has 0 aliphatic rings. The van der Waals surface area contributed by atoms with Crippen LogP contribution in [-0.2, 0) is 10.8 Å². The van der Waals surface area contributed by atoms with Crippen molar-refractivity contribution < 1.29 is 9.30 Å². The highest BCUT2D eigenvalue weighted by atomic mass is 16.5. The van der Waals surface area contributed by atoms with Crippen molar-refractivity contribution in [2.24, 2.45) is 0 Å². The summed E-state index contributed by atoms with van der Waals surface area (Å²) < 4.78 is 13.3. The van der Waals surface area contributed by atoms with Gasteiger partial charge in [0.25, 0.3) is 6.33 Å². The number of rotatable bonds is 9. The lowest BCUT2D eigenvalue weighted by atomic mass is 9.82. The first-order valence-electron chi connectivity index (χ1n) is 21.6. The minimum Gasteiger partial charge on any atom is -0.458 e. The monoisotopic (exact) mass is 792 g/mol. The summed E-state index contributed by atoms with van der Waals surface area (Å²) in [4.78, 5) is 4.87. The van der Waals surface area contributed by atoms with Crippen LogP contribution in [0.3, 0.4) is 0 Å². The molecule has 0 aliphatic heterocycles. The van der Waals surface area contributed by atoms with Crippen LogP contribution in [0.4, 0.5) is 0 Å². The van der Waals surface area contributed by atoms with Crippen molar-refractivity contribution in [1.82, 2.24) is 14.1 Å². The van der Waals surface area contributed by atoms with E-state index in [1.165, 1.54) is 38.8 Å². The van der Waals surface area contributed by atoms with E-state index in [1.54, 1.807) is 0 Å². The third-order valence-corrected chi connectivity index (χ3v) is 11.8. The van der Waals surface area contributed by atoms with Gasteiger partial charge >= 0.3 is 0 Å². The van der Waals surface area contributed by atoms with Gasteiger partial charge in [0.05, 0.1) is 28.1 Å². The van der Waals surface area contributed by atoms with E-state index in [1.807, 2.05) is 12.3 Å². The molecule has 0 spiro atoms. The number of benzene rings is 5. The molecule has 0 fully saturated rings. The molecule has 0 bridgehead atoms. The van der Waals surface area contributed by atoms with Crippen LogP contribution in [0.2, 0.25) is 0 Å². The lowest BCUT2D eigenvalue weighted by molar-refractivity contribution is -0.599. The van der Waals surface area contributed by atoms with Gasteiger partial charge in [-0.05, 0) is 123 Å². The molecule has 5 aromatic carbocycles. The van der Waals surface area contributed by atoms with E-state index in [4.69, 9.17) is 9.72 Å². The normalized spacial score (nSPS) is 12.4. The molecule has 3 aromatic heterocycles. The Kier molecular flexibility index (Phi) is 10.6. The number of ether oxygens (including phenoxy) is 1. The van der Waals surface area contributed by atoms with Crippen LogP contribution in [0.5, 0.6) is 11.5 Å². The zero-order valence-electron chi connectivity index (χ0n) is 37.6. The molecular weight excluding hydrogens is 733 g/mol. The van der Waals surface area contributed by atoms with E-state index in [0.717, 1.165) is 50.8 Å². The quantitative estimate of drug-likeness (QED) is 0.108. The first-order chi connectivity index (χ1) is 28.5. The first kappa shape index (κ1) is 40.8. The number of para-hydroxylation sites is 1. The number of aromatic nitrogens is 4. The molecule has 0 aliphatic carbocycles. The molecule has 0 N–H and O–H groups in total. The SMILES string of the molecule is CC(C)c1cc(C(C)C)c(-c2cccc(-[n+]3[c-]n(-c4cccc(Oc5ccc6c7ccccc7n(-c7cc(C(C)(C)C)ccn7)c6c5)c4)c(C(C)(C)C)c3)c2)c(C(C)C)c1. The third kappa shape index (κ3) is 7.78. The van der Waals surface area contributed by atoms with E-state index < -0.39 is 0 Å². The van der Waals surface area contributed by atoms with Gasteiger partial charge in [-0.15, -0.1) is 0 Å². The van der Waals surface area contributed by atoms with E-state index in [-0.39, 0.29) is 10.8 Å². The van der Waals surface area contributed by atoms with Crippen molar-refractivity contribution in [2.45, 2.75) is 112 Å². The second kappa shape index (κ2) is 15.6. The fourth-order valence-corrected chi connectivity index (χ4v) is 8.42. The average Bonchev–Trinajstić information content (AvgIpc) is 3.81. The van der Waals surface area contributed by atoms with E-state index in [0.29, 0.717) is 17.8 Å². The lowest BCUT2D eigenvalue weighted by Crippen LogP contribution is -2.28. The van der Waals surface area contributed by atoms with Gasteiger partial charge < -0.3 is 4.74 Å². The van der Waals surface area contributed by atoms with Gasteiger partial charge in [0.15, 0.2) is 0 Å². The Bertz CT molecular complexity index is 2820. The summed E-state index contributed by atoms with van der Waals surface area (Å²) in [6.07, 6.45) is 7.89. The van der Waals surface area contributed by atoms with Crippen LogP contribution in [0.25, 0.3) is 50.1 Å². The number of hydrogen-bond acceptors (Lipinski definition) is 2. The van der Waals surface area contributed by atoms with Gasteiger partial charge in [-0.3, -0.25) is 13.7 Å². The molecule has 0 atom stereocenters. The maximum absolute atomic E-state index is 6.71. The molecule has 8 aromatic rings. The maximum atomic E-state index is 6.71. The molecule has 0 amide bonds. The van der Waals surface area contributed by atoms with Gasteiger partial charge in [0, 0.05) is 29.2 Å². The second-order valence-electron chi connectivity index (χ2n) is 19.4. The second-order valence-corrected chi connectivity index (χ2v) is 19.4. The predicted molar refractivity (Wildman–Crippen MR) is 250 cm³/mol. The van der Waals surface area contributed by atoms with Crippen LogP contribution in [-0.4, -0.2) is 14.1 Å². The molecule has 306 valence electrons. The summed E-state index contributed by atoms with van der Waals surface area (Å²) in [6.45, 7) is 27.3.